The number of hydrogen-bond donors (Lipinski definition) is 4. The van der Waals surface area contributed by atoms with Crippen molar-refractivity contribution in [2.75, 3.05) is 18.5 Å². The van der Waals surface area contributed by atoms with Gasteiger partial charge in [0.15, 0.2) is 6.61 Å². The number of H-pyrrole nitrogens is 1. The van der Waals surface area contributed by atoms with Crippen LogP contribution in [0.5, 0.6) is 5.75 Å². The average molecular weight is 685 g/mol. The molecule has 0 spiro atoms. The lowest BCUT2D eigenvalue weighted by molar-refractivity contribution is -0.142. The summed E-state index contributed by atoms with van der Waals surface area (Å²) in [6.07, 6.45) is 0.400. The number of carbonyl (C=O) groups is 4. The van der Waals surface area contributed by atoms with Crippen molar-refractivity contribution in [2.45, 2.75) is 33.9 Å². The number of nitrogens with two attached hydrogens (primary N) is 1. The van der Waals surface area contributed by atoms with E-state index in [1.54, 1.807) is 23.9 Å². The van der Waals surface area contributed by atoms with Crippen molar-refractivity contribution >= 4 is 62.5 Å². The van der Waals surface area contributed by atoms with Crippen molar-refractivity contribution in [1.82, 2.24) is 9.88 Å². The fourth-order valence-corrected chi connectivity index (χ4v) is 11.2. The van der Waals surface area contributed by atoms with Crippen LogP contribution in [0.1, 0.15) is 29.2 Å². The number of aliphatic carboxylic acids is 1. The zero-order valence-corrected chi connectivity index (χ0v) is 26.4. The Morgan fingerprint density at radius 1 is 1.07 bits per heavy atom. The summed E-state index contributed by atoms with van der Waals surface area (Å²) in [5.74, 6) is -3.24. The summed E-state index contributed by atoms with van der Waals surface area (Å²) >= 11 is 2.68. The maximum Gasteiger partial charge on any atom is 0.305 e. The van der Waals surface area contributed by atoms with Crippen molar-refractivity contribution in [2.24, 2.45) is 34.7 Å². The number of ether oxygens (including phenoxy) is 1. The van der Waals surface area contributed by atoms with Crippen LogP contribution in [-0.2, 0) is 29.2 Å². The highest BCUT2D eigenvalue weighted by molar-refractivity contribution is 8.00. The number of fused-ring (bicyclic) bond motifs is 9. The standard InChI is InChI=1S/C30H28N4O9S3/c31-46(41,42)16-6-4-14(5-7-16)32-19(35)12-43-15-3-1-2-13(10-15)21-22-17-11-18(25(22)44-27-26(21)45-30(40)33-27)24-23(17)28(38)34(29(24)39)9-8-20(36)37/h1-7,10,17-18,21-25H,8-9,11-12H2,(H,32,35)(H,33,40)(H,36,37)(H2,31,41,42)/t17?,18?,21-,22?,23?,24?,25?/m1/s1. The third-order valence-electron chi connectivity index (χ3n) is 9.42. The number of primary sulfonamides is 1. The lowest BCUT2D eigenvalue weighted by Crippen LogP contribution is -2.42. The van der Waals surface area contributed by atoms with Crippen molar-refractivity contribution in [1.29, 1.82) is 0 Å². The van der Waals surface area contributed by atoms with E-state index >= 15 is 0 Å². The molecule has 2 aromatic carbocycles. The van der Waals surface area contributed by atoms with E-state index in [2.05, 4.69) is 10.3 Å². The second-order valence-electron chi connectivity index (χ2n) is 11.9. The minimum atomic E-state index is -3.86. The molecule has 2 bridgehead atoms. The SMILES string of the molecule is NS(=O)(=O)c1ccc(NC(=O)COc2cccc([C@H]3c4sc(=O)[nH]c4SC4C5CC(C6C(=O)N(CCC(=O)O)C(=O)C56)C43)c2)cc1. The average Bonchev–Trinajstić information content (AvgIpc) is 3.74. The zero-order chi connectivity index (χ0) is 32.5. The number of amides is 3. The van der Waals surface area contributed by atoms with E-state index < -0.39 is 33.7 Å². The monoisotopic (exact) mass is 684 g/mol. The number of hydrogen-bond acceptors (Lipinski definition) is 10. The third-order valence-corrected chi connectivity index (χ3v) is 12.9. The molecule has 46 heavy (non-hydrogen) atoms. The Labute approximate surface area is 270 Å². The number of aromatic nitrogens is 1. The number of likely N-dealkylation sites (tertiary alicyclic amines) is 1. The molecule has 13 nitrogen and oxygen atoms in total. The Hall–Kier alpha value is -3.99. The fraction of sp³-hybridized carbons (Fsp3) is 0.367. The van der Waals surface area contributed by atoms with Gasteiger partial charge in [-0.15, -0.1) is 11.8 Å². The predicted octanol–water partition coefficient (Wildman–Crippen LogP) is 2.05. The van der Waals surface area contributed by atoms with E-state index in [1.165, 1.54) is 24.3 Å². The van der Waals surface area contributed by atoms with Crippen molar-refractivity contribution < 1.29 is 37.4 Å². The molecule has 2 aliphatic carbocycles. The van der Waals surface area contributed by atoms with Gasteiger partial charge in [-0.3, -0.25) is 28.9 Å². The summed E-state index contributed by atoms with van der Waals surface area (Å²) in [6.45, 7) is -0.465. The molecule has 3 fully saturated rings. The van der Waals surface area contributed by atoms with Crippen LogP contribution in [0.4, 0.5) is 5.69 Å². The normalized spacial score (nSPS) is 27.7. The topological polar surface area (TPSA) is 206 Å². The highest BCUT2D eigenvalue weighted by Gasteiger charge is 2.69. The molecule has 0 radical (unpaired) electrons. The number of sulfonamides is 1. The van der Waals surface area contributed by atoms with Gasteiger partial charge in [-0.05, 0) is 66.1 Å². The number of rotatable bonds is 9. The third kappa shape index (κ3) is 5.22. The number of carboxylic acids is 1. The lowest BCUT2D eigenvalue weighted by Gasteiger charge is -2.43. The number of carbonyl (C=O) groups excluding carboxylic acids is 3. The van der Waals surface area contributed by atoms with Crippen LogP contribution >= 0.6 is 23.1 Å². The molecule has 6 unspecified atom stereocenters. The Bertz CT molecular complexity index is 1940. The van der Waals surface area contributed by atoms with Gasteiger partial charge in [0.25, 0.3) is 5.91 Å². The Kier molecular flexibility index (Phi) is 7.57. The molecule has 3 amide bonds. The molecule has 1 aromatic heterocycles. The summed E-state index contributed by atoms with van der Waals surface area (Å²) < 4.78 is 28.8. The molecule has 4 aliphatic rings. The van der Waals surface area contributed by atoms with Gasteiger partial charge in [0, 0.05) is 28.3 Å². The van der Waals surface area contributed by atoms with E-state index in [9.17, 15) is 32.4 Å². The molecular weight excluding hydrogens is 657 g/mol. The minimum absolute atomic E-state index is 0.0267. The first kappa shape index (κ1) is 30.7. The van der Waals surface area contributed by atoms with Crippen LogP contribution in [0.2, 0.25) is 0 Å². The van der Waals surface area contributed by atoms with Crippen LogP contribution < -0.4 is 20.1 Å². The van der Waals surface area contributed by atoms with Crippen LogP contribution in [0, 0.1) is 29.6 Å². The molecular formula is C30H28N4O9S3. The Morgan fingerprint density at radius 3 is 2.48 bits per heavy atom. The molecule has 7 rings (SSSR count). The van der Waals surface area contributed by atoms with E-state index in [4.69, 9.17) is 15.0 Å². The minimum Gasteiger partial charge on any atom is -0.484 e. The van der Waals surface area contributed by atoms with Crippen molar-refractivity contribution in [3.63, 3.8) is 0 Å². The summed E-state index contributed by atoms with van der Waals surface area (Å²) in [5, 5.41) is 17.6. The largest absolute Gasteiger partial charge is 0.484 e. The molecule has 5 N–H and O–H groups in total. The van der Waals surface area contributed by atoms with Crippen molar-refractivity contribution in [3.05, 3.63) is 68.6 Å². The molecule has 7 atom stereocenters. The van der Waals surface area contributed by atoms with Gasteiger partial charge in [-0.25, -0.2) is 13.6 Å². The highest BCUT2D eigenvalue weighted by Crippen LogP contribution is 2.68. The number of benzene rings is 2. The molecule has 3 heterocycles. The van der Waals surface area contributed by atoms with Gasteiger partial charge in [0.05, 0.1) is 28.2 Å². The number of thiazole rings is 1. The molecule has 240 valence electrons. The highest BCUT2D eigenvalue weighted by atomic mass is 32.2. The van der Waals surface area contributed by atoms with E-state index in [-0.39, 0.29) is 70.1 Å². The number of thioether (sulfide) groups is 1. The van der Waals surface area contributed by atoms with E-state index in [0.717, 1.165) is 31.7 Å². The smallest absolute Gasteiger partial charge is 0.305 e. The van der Waals surface area contributed by atoms with Crippen LogP contribution in [0.3, 0.4) is 0 Å². The van der Waals surface area contributed by atoms with Crippen molar-refractivity contribution in [3.8, 4) is 5.75 Å². The number of nitrogens with zero attached hydrogens (tertiary/aromatic N) is 1. The Morgan fingerprint density at radius 2 is 1.78 bits per heavy atom. The van der Waals surface area contributed by atoms with Crippen LogP contribution in [0.25, 0.3) is 0 Å². The number of anilines is 1. The Balaban J connectivity index is 1.12. The van der Waals surface area contributed by atoms with Gasteiger partial charge in [0.2, 0.25) is 21.8 Å². The van der Waals surface area contributed by atoms with E-state index in [0.29, 0.717) is 17.9 Å². The summed E-state index contributed by atoms with van der Waals surface area (Å²) in [6, 6.07) is 12.7. The second-order valence-corrected chi connectivity index (χ2v) is 15.7. The molecule has 1 saturated heterocycles. The number of imide groups is 1. The maximum atomic E-state index is 13.5. The summed E-state index contributed by atoms with van der Waals surface area (Å²) in [7, 11) is -3.86. The number of carboxylic acid groups (broad SMARTS) is 1. The predicted molar refractivity (Wildman–Crippen MR) is 166 cm³/mol. The molecule has 2 saturated carbocycles. The summed E-state index contributed by atoms with van der Waals surface area (Å²) in [5.41, 5.74) is 1.22. The molecule has 2 aliphatic heterocycles. The van der Waals surface area contributed by atoms with Gasteiger partial charge in [-0.2, -0.15) is 0 Å². The lowest BCUT2D eigenvalue weighted by atomic mass is 9.68. The van der Waals surface area contributed by atoms with Gasteiger partial charge < -0.3 is 20.1 Å². The number of nitrogens with one attached hydrogen (secondary N) is 2. The maximum absolute atomic E-state index is 13.5. The van der Waals surface area contributed by atoms with Crippen LogP contribution in [0.15, 0.2) is 63.2 Å². The zero-order valence-electron chi connectivity index (χ0n) is 24.0. The fourth-order valence-electron chi connectivity index (χ4n) is 7.75. The quantitative estimate of drug-likeness (QED) is 0.241. The first-order valence-corrected chi connectivity index (χ1v) is 17.8. The van der Waals surface area contributed by atoms with Crippen LogP contribution in [-0.4, -0.2) is 65.5 Å². The van der Waals surface area contributed by atoms with Gasteiger partial charge in [-0.1, -0.05) is 23.5 Å². The summed E-state index contributed by atoms with van der Waals surface area (Å²) in [4.78, 5) is 67.9. The van der Waals surface area contributed by atoms with Gasteiger partial charge >= 0.3 is 10.8 Å². The van der Waals surface area contributed by atoms with Gasteiger partial charge in [0.1, 0.15) is 5.75 Å². The van der Waals surface area contributed by atoms with E-state index in [1.807, 2.05) is 12.1 Å². The number of aromatic amines is 1. The second kappa shape index (κ2) is 11.4. The first-order chi connectivity index (χ1) is 21.9. The molecule has 3 aromatic rings. The first-order valence-electron chi connectivity index (χ1n) is 14.5. The molecule has 16 heteroatoms.